The summed E-state index contributed by atoms with van der Waals surface area (Å²) in [6.07, 6.45) is 5.53. The number of hydrogen-bond acceptors (Lipinski definition) is 2. The summed E-state index contributed by atoms with van der Waals surface area (Å²) in [4.78, 5) is 24.7. The lowest BCUT2D eigenvalue weighted by Gasteiger charge is -2.29. The number of hydrogen-bond donors (Lipinski definition) is 3. The van der Waals surface area contributed by atoms with Crippen LogP contribution in [-0.2, 0) is 11.3 Å². The molecule has 5 heteroatoms. The molecule has 3 rings (SSSR count). The van der Waals surface area contributed by atoms with Gasteiger partial charge >= 0.3 is 6.03 Å². The fraction of sp³-hybridized carbons (Fsp3) is 0.529. The molecule has 22 heavy (non-hydrogen) atoms. The summed E-state index contributed by atoms with van der Waals surface area (Å²) >= 11 is 0. The Kier molecular flexibility index (Phi) is 4.32. The van der Waals surface area contributed by atoms with E-state index in [1.807, 2.05) is 30.3 Å². The molecule has 3 N–H and O–H groups in total. The van der Waals surface area contributed by atoms with Crippen LogP contribution in [0.1, 0.15) is 44.1 Å². The van der Waals surface area contributed by atoms with E-state index in [4.69, 9.17) is 0 Å². The van der Waals surface area contributed by atoms with Crippen molar-refractivity contribution in [2.75, 3.05) is 0 Å². The van der Waals surface area contributed by atoms with Gasteiger partial charge in [-0.25, -0.2) is 4.79 Å². The van der Waals surface area contributed by atoms with Gasteiger partial charge in [0, 0.05) is 12.6 Å². The van der Waals surface area contributed by atoms with Crippen molar-refractivity contribution in [2.24, 2.45) is 0 Å². The molecule has 2 aliphatic rings. The number of benzene rings is 1. The Balaban J connectivity index is 1.56. The first kappa shape index (κ1) is 14.9. The minimum absolute atomic E-state index is 0.0117. The standard InChI is InChI=1S/C17H23N3O2/c21-15(19-14-8-9-14)17(10-4-5-11-17)20-16(22)18-12-13-6-2-1-3-7-13/h1-3,6-7,14H,4-5,8-12H2,(H,19,21)(H2,18,20,22). The van der Waals surface area contributed by atoms with Crippen LogP contribution in [0, 0.1) is 0 Å². The highest BCUT2D eigenvalue weighted by molar-refractivity contribution is 5.91. The summed E-state index contributed by atoms with van der Waals surface area (Å²) in [6, 6.07) is 9.80. The molecule has 0 aliphatic heterocycles. The van der Waals surface area contributed by atoms with Gasteiger partial charge in [0.25, 0.3) is 0 Å². The molecule has 0 spiro atoms. The number of nitrogens with one attached hydrogen (secondary N) is 3. The fourth-order valence-electron chi connectivity index (χ4n) is 2.98. The van der Waals surface area contributed by atoms with Crippen molar-refractivity contribution < 1.29 is 9.59 Å². The maximum atomic E-state index is 12.5. The van der Waals surface area contributed by atoms with Crippen LogP contribution >= 0.6 is 0 Å². The van der Waals surface area contributed by atoms with Crippen LogP contribution in [-0.4, -0.2) is 23.5 Å². The average Bonchev–Trinajstić information content (AvgIpc) is 3.22. The zero-order valence-electron chi connectivity index (χ0n) is 12.7. The van der Waals surface area contributed by atoms with Crippen molar-refractivity contribution in [2.45, 2.75) is 56.7 Å². The van der Waals surface area contributed by atoms with Gasteiger partial charge in [-0.05, 0) is 31.2 Å². The predicted octanol–water partition coefficient (Wildman–Crippen LogP) is 2.08. The van der Waals surface area contributed by atoms with Crippen LogP contribution < -0.4 is 16.0 Å². The van der Waals surface area contributed by atoms with Crippen molar-refractivity contribution in [3.05, 3.63) is 35.9 Å². The van der Waals surface area contributed by atoms with Crippen molar-refractivity contribution in [1.29, 1.82) is 0 Å². The number of amides is 3. The Hall–Kier alpha value is -2.04. The maximum Gasteiger partial charge on any atom is 0.315 e. The Morgan fingerprint density at radius 2 is 1.77 bits per heavy atom. The molecule has 0 saturated heterocycles. The van der Waals surface area contributed by atoms with E-state index >= 15 is 0 Å². The minimum atomic E-state index is -0.719. The zero-order valence-corrected chi connectivity index (χ0v) is 12.7. The van der Waals surface area contributed by atoms with E-state index in [-0.39, 0.29) is 11.9 Å². The normalized spacial score (nSPS) is 19.5. The van der Waals surface area contributed by atoms with Gasteiger partial charge in [0.1, 0.15) is 5.54 Å². The minimum Gasteiger partial charge on any atom is -0.351 e. The Morgan fingerprint density at radius 3 is 2.41 bits per heavy atom. The summed E-state index contributed by atoms with van der Waals surface area (Å²) in [5.74, 6) is -0.0117. The molecule has 0 atom stereocenters. The molecule has 1 aromatic rings. The van der Waals surface area contributed by atoms with E-state index < -0.39 is 5.54 Å². The second kappa shape index (κ2) is 6.38. The van der Waals surface area contributed by atoms with E-state index in [0.29, 0.717) is 12.6 Å². The highest BCUT2D eigenvalue weighted by Gasteiger charge is 2.44. The molecule has 5 nitrogen and oxygen atoms in total. The topological polar surface area (TPSA) is 70.2 Å². The third-order valence-electron chi connectivity index (χ3n) is 4.45. The highest BCUT2D eigenvalue weighted by Crippen LogP contribution is 2.31. The fourth-order valence-corrected chi connectivity index (χ4v) is 2.98. The Bertz CT molecular complexity index is 534. The summed E-state index contributed by atoms with van der Waals surface area (Å²) in [5, 5.41) is 8.81. The molecule has 0 heterocycles. The van der Waals surface area contributed by atoms with E-state index in [9.17, 15) is 9.59 Å². The molecule has 3 amide bonds. The van der Waals surface area contributed by atoms with Gasteiger partial charge in [-0.2, -0.15) is 0 Å². The van der Waals surface area contributed by atoms with Gasteiger partial charge in [0.15, 0.2) is 0 Å². The maximum absolute atomic E-state index is 12.5. The molecular weight excluding hydrogens is 278 g/mol. The van der Waals surface area contributed by atoms with Crippen LogP contribution in [0.2, 0.25) is 0 Å². The number of carbonyl (C=O) groups is 2. The second-order valence-electron chi connectivity index (χ2n) is 6.33. The quantitative estimate of drug-likeness (QED) is 0.779. The zero-order chi connectivity index (χ0) is 15.4. The van der Waals surface area contributed by atoms with Crippen molar-refractivity contribution >= 4 is 11.9 Å². The Labute approximate surface area is 130 Å². The summed E-state index contributed by atoms with van der Waals surface area (Å²) in [5.41, 5.74) is 0.323. The molecule has 2 aliphatic carbocycles. The smallest absolute Gasteiger partial charge is 0.315 e. The third-order valence-corrected chi connectivity index (χ3v) is 4.45. The first-order valence-electron chi connectivity index (χ1n) is 8.09. The number of carbonyl (C=O) groups excluding carboxylic acids is 2. The third kappa shape index (κ3) is 3.59. The van der Waals surface area contributed by atoms with E-state index in [1.165, 1.54) is 0 Å². The van der Waals surface area contributed by atoms with E-state index in [1.54, 1.807) is 0 Å². The Morgan fingerprint density at radius 1 is 1.09 bits per heavy atom. The van der Waals surface area contributed by atoms with Gasteiger partial charge in [0.2, 0.25) is 5.91 Å². The average molecular weight is 301 g/mol. The van der Waals surface area contributed by atoms with Crippen LogP contribution in [0.25, 0.3) is 0 Å². The SMILES string of the molecule is O=C(NCc1ccccc1)NC1(C(=O)NC2CC2)CCCC1. The van der Waals surface area contributed by atoms with Crippen molar-refractivity contribution in [3.8, 4) is 0 Å². The van der Waals surface area contributed by atoms with Crippen molar-refractivity contribution in [3.63, 3.8) is 0 Å². The second-order valence-corrected chi connectivity index (χ2v) is 6.33. The lowest BCUT2D eigenvalue weighted by Crippen LogP contribution is -2.59. The molecule has 0 bridgehead atoms. The summed E-state index contributed by atoms with van der Waals surface area (Å²) < 4.78 is 0. The van der Waals surface area contributed by atoms with Gasteiger partial charge in [-0.3, -0.25) is 4.79 Å². The summed E-state index contributed by atoms with van der Waals surface area (Å²) in [7, 11) is 0. The predicted molar refractivity (Wildman–Crippen MR) is 84.2 cm³/mol. The van der Waals surface area contributed by atoms with Crippen molar-refractivity contribution in [1.82, 2.24) is 16.0 Å². The first-order chi connectivity index (χ1) is 10.7. The molecule has 0 aromatic heterocycles. The highest BCUT2D eigenvalue weighted by atomic mass is 16.2. The van der Waals surface area contributed by atoms with Gasteiger partial charge < -0.3 is 16.0 Å². The first-order valence-corrected chi connectivity index (χ1v) is 8.09. The molecule has 0 unspecified atom stereocenters. The molecule has 0 radical (unpaired) electrons. The molecule has 118 valence electrons. The largest absolute Gasteiger partial charge is 0.351 e. The summed E-state index contributed by atoms with van der Waals surface area (Å²) in [6.45, 7) is 0.465. The number of urea groups is 1. The molecule has 2 saturated carbocycles. The lowest BCUT2D eigenvalue weighted by molar-refractivity contribution is -0.127. The van der Waals surface area contributed by atoms with Crippen LogP contribution in [0.5, 0.6) is 0 Å². The van der Waals surface area contributed by atoms with Crippen LogP contribution in [0.4, 0.5) is 4.79 Å². The van der Waals surface area contributed by atoms with E-state index in [0.717, 1.165) is 44.1 Å². The molecule has 1 aromatic carbocycles. The number of rotatable bonds is 5. The molecule has 2 fully saturated rings. The monoisotopic (exact) mass is 301 g/mol. The van der Waals surface area contributed by atoms with Crippen LogP contribution in [0.3, 0.4) is 0 Å². The van der Waals surface area contributed by atoms with Gasteiger partial charge in [0.05, 0.1) is 0 Å². The van der Waals surface area contributed by atoms with Gasteiger partial charge in [-0.1, -0.05) is 43.2 Å². The van der Waals surface area contributed by atoms with E-state index in [2.05, 4.69) is 16.0 Å². The van der Waals surface area contributed by atoms with Gasteiger partial charge in [-0.15, -0.1) is 0 Å². The van der Waals surface area contributed by atoms with Crippen LogP contribution in [0.15, 0.2) is 30.3 Å². The molecular formula is C17H23N3O2. The lowest BCUT2D eigenvalue weighted by atomic mass is 9.96.